The Hall–Kier alpha value is -2.89. The van der Waals surface area contributed by atoms with E-state index >= 15 is 0 Å². The van der Waals surface area contributed by atoms with E-state index in [1.807, 2.05) is 30.3 Å². The van der Waals surface area contributed by atoms with E-state index in [9.17, 15) is 9.50 Å². The Labute approximate surface area is 160 Å². The van der Waals surface area contributed by atoms with Crippen LogP contribution in [0.5, 0.6) is 5.75 Å². The van der Waals surface area contributed by atoms with Gasteiger partial charge in [0.25, 0.3) is 0 Å². The van der Waals surface area contributed by atoms with Crippen LogP contribution in [0.25, 0.3) is 11.0 Å². The molecule has 0 bridgehead atoms. The van der Waals surface area contributed by atoms with E-state index in [-0.39, 0.29) is 10.6 Å². The smallest absolute Gasteiger partial charge is 0.139 e. The number of hydrogen-bond donors (Lipinski definition) is 2. The van der Waals surface area contributed by atoms with E-state index in [2.05, 4.69) is 9.97 Å². The zero-order valence-electron chi connectivity index (χ0n) is 14.2. The Kier molecular flexibility index (Phi) is 4.79. The van der Waals surface area contributed by atoms with Gasteiger partial charge >= 0.3 is 0 Å². The summed E-state index contributed by atoms with van der Waals surface area (Å²) >= 11 is 6.39. The standard InChI is InChI=1S/C21H16ClFN2O2/c22-19-17(27-12-13-5-2-1-3-6-13)9-8-16(23)18(19)20(26)15-11-25-21-14(15)7-4-10-24-21/h1-11,20,26H,12H2,(H,24,25). The number of aromatic nitrogens is 2. The zero-order valence-corrected chi connectivity index (χ0v) is 14.9. The summed E-state index contributed by atoms with van der Waals surface area (Å²) < 4.78 is 20.3. The van der Waals surface area contributed by atoms with Gasteiger partial charge in [0.1, 0.15) is 29.9 Å². The SMILES string of the molecule is OC(c1c(F)ccc(OCc2ccccc2)c1Cl)c1c[nH]c2ncccc12. The summed E-state index contributed by atoms with van der Waals surface area (Å²) in [5, 5.41) is 11.6. The summed E-state index contributed by atoms with van der Waals surface area (Å²) in [5.41, 5.74) is 2.05. The number of benzene rings is 2. The van der Waals surface area contributed by atoms with Gasteiger partial charge in [0.2, 0.25) is 0 Å². The second-order valence-corrected chi connectivity index (χ2v) is 6.47. The monoisotopic (exact) mass is 382 g/mol. The molecule has 0 fully saturated rings. The molecule has 4 rings (SSSR count). The Balaban J connectivity index is 1.68. The number of pyridine rings is 1. The van der Waals surface area contributed by atoms with E-state index in [1.165, 1.54) is 12.1 Å². The van der Waals surface area contributed by atoms with E-state index < -0.39 is 11.9 Å². The number of halogens is 2. The minimum absolute atomic E-state index is 0.0213. The van der Waals surface area contributed by atoms with Crippen LogP contribution in [-0.4, -0.2) is 15.1 Å². The fraction of sp³-hybridized carbons (Fsp3) is 0.0952. The summed E-state index contributed by atoms with van der Waals surface area (Å²) in [4.78, 5) is 7.16. The van der Waals surface area contributed by atoms with Gasteiger partial charge in [0.15, 0.2) is 0 Å². The number of H-pyrrole nitrogens is 1. The van der Waals surface area contributed by atoms with E-state index in [0.29, 0.717) is 29.0 Å². The Morgan fingerprint density at radius 3 is 2.74 bits per heavy atom. The third kappa shape index (κ3) is 3.39. The number of aliphatic hydroxyl groups excluding tert-OH is 1. The van der Waals surface area contributed by atoms with Crippen LogP contribution in [0.4, 0.5) is 4.39 Å². The van der Waals surface area contributed by atoms with Crippen molar-refractivity contribution >= 4 is 22.6 Å². The highest BCUT2D eigenvalue weighted by Gasteiger charge is 2.24. The highest BCUT2D eigenvalue weighted by molar-refractivity contribution is 6.33. The van der Waals surface area contributed by atoms with Gasteiger partial charge in [-0.1, -0.05) is 41.9 Å². The van der Waals surface area contributed by atoms with Crippen molar-refractivity contribution in [1.82, 2.24) is 9.97 Å². The molecule has 2 heterocycles. The summed E-state index contributed by atoms with van der Waals surface area (Å²) in [5.74, 6) is -0.285. The Morgan fingerprint density at radius 1 is 1.11 bits per heavy atom. The maximum Gasteiger partial charge on any atom is 0.139 e. The van der Waals surface area contributed by atoms with E-state index in [0.717, 1.165) is 5.56 Å². The Morgan fingerprint density at radius 2 is 1.93 bits per heavy atom. The molecule has 27 heavy (non-hydrogen) atoms. The molecule has 2 aromatic carbocycles. The van der Waals surface area contributed by atoms with Crippen LogP contribution in [0.1, 0.15) is 22.8 Å². The minimum Gasteiger partial charge on any atom is -0.487 e. The number of nitrogens with zero attached hydrogens (tertiary/aromatic N) is 1. The maximum absolute atomic E-state index is 14.5. The molecule has 0 saturated heterocycles. The molecule has 4 nitrogen and oxygen atoms in total. The van der Waals surface area contributed by atoms with Gasteiger partial charge in [-0.3, -0.25) is 0 Å². The number of aliphatic hydroxyl groups is 1. The molecule has 0 aliphatic carbocycles. The molecule has 1 atom stereocenters. The molecule has 0 radical (unpaired) electrons. The lowest BCUT2D eigenvalue weighted by Gasteiger charge is -2.16. The molecule has 1 unspecified atom stereocenters. The molecule has 2 N–H and O–H groups in total. The quantitative estimate of drug-likeness (QED) is 0.509. The third-order valence-corrected chi connectivity index (χ3v) is 4.77. The summed E-state index contributed by atoms with van der Waals surface area (Å²) in [6.45, 7) is 0.290. The molecule has 0 spiro atoms. The lowest BCUT2D eigenvalue weighted by atomic mass is 10.0. The average Bonchev–Trinajstić information content (AvgIpc) is 3.12. The predicted molar refractivity (Wildman–Crippen MR) is 102 cm³/mol. The van der Waals surface area contributed by atoms with Crippen LogP contribution >= 0.6 is 11.6 Å². The zero-order chi connectivity index (χ0) is 18.8. The Bertz CT molecular complexity index is 1080. The maximum atomic E-state index is 14.5. The van der Waals surface area contributed by atoms with Crippen molar-refractivity contribution in [3.63, 3.8) is 0 Å². The van der Waals surface area contributed by atoms with Crippen LogP contribution in [0.15, 0.2) is 67.0 Å². The molecule has 136 valence electrons. The van der Waals surface area contributed by atoms with Crippen molar-refractivity contribution in [2.45, 2.75) is 12.7 Å². The van der Waals surface area contributed by atoms with Crippen molar-refractivity contribution in [2.24, 2.45) is 0 Å². The van der Waals surface area contributed by atoms with Crippen LogP contribution < -0.4 is 4.74 Å². The number of rotatable bonds is 5. The molecule has 4 aromatic rings. The van der Waals surface area contributed by atoms with Crippen LogP contribution in [-0.2, 0) is 6.61 Å². The third-order valence-electron chi connectivity index (χ3n) is 4.38. The second-order valence-electron chi connectivity index (χ2n) is 6.09. The fourth-order valence-corrected chi connectivity index (χ4v) is 3.32. The van der Waals surface area contributed by atoms with E-state index in [1.54, 1.807) is 24.5 Å². The van der Waals surface area contributed by atoms with Gasteiger partial charge in [-0.2, -0.15) is 0 Å². The normalized spacial score (nSPS) is 12.3. The van der Waals surface area contributed by atoms with Gasteiger partial charge in [0, 0.05) is 28.9 Å². The van der Waals surface area contributed by atoms with Gasteiger partial charge in [0.05, 0.1) is 5.02 Å². The molecular weight excluding hydrogens is 367 g/mol. The minimum atomic E-state index is -1.25. The van der Waals surface area contributed by atoms with Crippen LogP contribution in [0.3, 0.4) is 0 Å². The highest BCUT2D eigenvalue weighted by atomic mass is 35.5. The number of nitrogens with one attached hydrogen (secondary N) is 1. The molecule has 6 heteroatoms. The lowest BCUT2D eigenvalue weighted by molar-refractivity contribution is 0.215. The highest BCUT2D eigenvalue weighted by Crippen LogP contribution is 2.38. The number of ether oxygens (including phenoxy) is 1. The van der Waals surface area contributed by atoms with Crippen molar-refractivity contribution in [2.75, 3.05) is 0 Å². The van der Waals surface area contributed by atoms with Crippen molar-refractivity contribution < 1.29 is 14.2 Å². The average molecular weight is 383 g/mol. The lowest BCUT2D eigenvalue weighted by Crippen LogP contribution is -2.05. The molecule has 0 amide bonds. The number of fused-ring (bicyclic) bond motifs is 1. The summed E-state index contributed by atoms with van der Waals surface area (Å²) in [6, 6.07) is 15.8. The van der Waals surface area contributed by atoms with Gasteiger partial charge in [-0.25, -0.2) is 9.37 Å². The first-order chi connectivity index (χ1) is 13.1. The van der Waals surface area contributed by atoms with Crippen molar-refractivity contribution in [3.8, 4) is 5.75 Å². The van der Waals surface area contributed by atoms with Crippen molar-refractivity contribution in [1.29, 1.82) is 0 Å². The second kappa shape index (κ2) is 7.39. The summed E-state index contributed by atoms with van der Waals surface area (Å²) in [7, 11) is 0. The van der Waals surface area contributed by atoms with Gasteiger partial charge in [-0.15, -0.1) is 0 Å². The molecule has 0 aliphatic rings. The first-order valence-corrected chi connectivity index (χ1v) is 8.77. The predicted octanol–water partition coefficient (Wildman–Crippen LogP) is 5.02. The van der Waals surface area contributed by atoms with Gasteiger partial charge in [-0.05, 0) is 29.8 Å². The van der Waals surface area contributed by atoms with Gasteiger partial charge < -0.3 is 14.8 Å². The topological polar surface area (TPSA) is 58.1 Å². The number of hydrogen-bond acceptors (Lipinski definition) is 3. The molecule has 2 aromatic heterocycles. The first kappa shape index (κ1) is 17.5. The van der Waals surface area contributed by atoms with Crippen LogP contribution in [0, 0.1) is 5.82 Å². The first-order valence-electron chi connectivity index (χ1n) is 8.40. The molecular formula is C21H16ClFN2O2. The van der Waals surface area contributed by atoms with Crippen molar-refractivity contribution in [3.05, 3.63) is 94.5 Å². The fourth-order valence-electron chi connectivity index (χ4n) is 3.01. The molecule has 0 saturated carbocycles. The largest absolute Gasteiger partial charge is 0.487 e. The number of aromatic amines is 1. The summed E-state index contributed by atoms with van der Waals surface area (Å²) in [6.07, 6.45) is 1.99. The van der Waals surface area contributed by atoms with Crippen LogP contribution in [0.2, 0.25) is 5.02 Å². The van der Waals surface area contributed by atoms with E-state index in [4.69, 9.17) is 16.3 Å². The molecule has 0 aliphatic heterocycles.